The zero-order chi connectivity index (χ0) is 27.0. The molecule has 8 nitrogen and oxygen atoms in total. The van der Waals surface area contributed by atoms with E-state index < -0.39 is 16.3 Å². The van der Waals surface area contributed by atoms with Gasteiger partial charge in [0, 0.05) is 18.0 Å². The molecule has 1 amide bonds. The molecule has 0 bridgehead atoms. The number of rotatable bonds is 11. The van der Waals surface area contributed by atoms with E-state index in [4.69, 9.17) is 4.74 Å². The summed E-state index contributed by atoms with van der Waals surface area (Å²) in [6.45, 7) is 0.0742. The van der Waals surface area contributed by atoms with Crippen LogP contribution in [-0.4, -0.2) is 45.7 Å². The van der Waals surface area contributed by atoms with Crippen molar-refractivity contribution < 1.29 is 23.1 Å². The van der Waals surface area contributed by atoms with E-state index in [1.807, 2.05) is 30.3 Å². The van der Waals surface area contributed by atoms with E-state index in [9.17, 15) is 18.3 Å². The Morgan fingerprint density at radius 2 is 1.58 bits per heavy atom. The molecule has 4 N–H and O–H groups in total. The van der Waals surface area contributed by atoms with Crippen molar-refractivity contribution in [2.24, 2.45) is 0 Å². The van der Waals surface area contributed by atoms with Crippen LogP contribution in [-0.2, 0) is 15.6 Å². The lowest BCUT2D eigenvalue weighted by molar-refractivity contribution is 0.0932. The summed E-state index contributed by atoms with van der Waals surface area (Å²) >= 11 is 0. The lowest BCUT2D eigenvalue weighted by Gasteiger charge is -2.41. The first-order valence-corrected chi connectivity index (χ1v) is 14.3. The standard InChI is InChI=1S/C29H35N3O5S/c1-37-27-15-9-8-14-25(27)28(34)30-21-29(23-12-6-3-7-13-23)18-16-24(17-19-29)31-38(35,36)32-26(20-33)22-10-4-2-5-11-22/h2-15,24,26,31-33H,16-21H2,1H3,(H,30,34)/t24?,26-,29?/m1/s1. The molecule has 1 aliphatic rings. The van der Waals surface area contributed by atoms with Gasteiger partial charge in [0.05, 0.1) is 25.3 Å². The molecule has 0 aromatic heterocycles. The van der Waals surface area contributed by atoms with Gasteiger partial charge < -0.3 is 15.2 Å². The first kappa shape index (κ1) is 27.8. The van der Waals surface area contributed by atoms with Crippen LogP contribution < -0.4 is 19.5 Å². The van der Waals surface area contributed by atoms with Crippen LogP contribution >= 0.6 is 0 Å². The van der Waals surface area contributed by atoms with Crippen LogP contribution in [0.5, 0.6) is 5.75 Å². The van der Waals surface area contributed by atoms with Crippen molar-refractivity contribution in [2.45, 2.75) is 43.2 Å². The maximum Gasteiger partial charge on any atom is 0.277 e. The molecule has 4 rings (SSSR count). The Kier molecular flexibility index (Phi) is 9.17. The smallest absolute Gasteiger partial charge is 0.277 e. The molecule has 3 aromatic carbocycles. The Hall–Kier alpha value is -3.24. The van der Waals surface area contributed by atoms with Gasteiger partial charge in [-0.25, -0.2) is 0 Å². The molecule has 0 aliphatic heterocycles. The molecule has 3 aromatic rings. The Balaban J connectivity index is 1.43. The van der Waals surface area contributed by atoms with Crippen LogP contribution in [0.25, 0.3) is 0 Å². The van der Waals surface area contributed by atoms with Gasteiger partial charge in [-0.1, -0.05) is 72.8 Å². The van der Waals surface area contributed by atoms with Gasteiger partial charge in [0.1, 0.15) is 5.75 Å². The highest BCUT2D eigenvalue weighted by molar-refractivity contribution is 7.87. The molecular formula is C29H35N3O5S. The minimum absolute atomic E-state index is 0.208. The van der Waals surface area contributed by atoms with E-state index in [1.54, 1.807) is 42.5 Å². The summed E-state index contributed by atoms with van der Waals surface area (Å²) in [5.41, 5.74) is 1.95. The number of hydrogen-bond acceptors (Lipinski definition) is 5. The number of amides is 1. The Bertz CT molecular complexity index is 1290. The Morgan fingerprint density at radius 1 is 0.974 bits per heavy atom. The summed E-state index contributed by atoms with van der Waals surface area (Å²) in [5.74, 6) is 0.307. The third-order valence-electron chi connectivity index (χ3n) is 7.27. The van der Waals surface area contributed by atoms with Crippen LogP contribution in [0.2, 0.25) is 0 Å². The third-order valence-corrected chi connectivity index (χ3v) is 8.51. The van der Waals surface area contributed by atoms with Crippen LogP contribution in [0.1, 0.15) is 53.2 Å². The van der Waals surface area contributed by atoms with Gasteiger partial charge in [0.15, 0.2) is 0 Å². The van der Waals surface area contributed by atoms with Crippen molar-refractivity contribution in [3.8, 4) is 5.75 Å². The largest absolute Gasteiger partial charge is 0.496 e. The summed E-state index contributed by atoms with van der Waals surface area (Å²) in [7, 11) is -2.32. The predicted octanol–water partition coefficient (Wildman–Crippen LogP) is 3.46. The minimum Gasteiger partial charge on any atom is -0.496 e. The summed E-state index contributed by atoms with van der Waals surface area (Å²) in [5, 5.41) is 12.9. The van der Waals surface area contributed by atoms with Crippen LogP contribution in [0.15, 0.2) is 84.9 Å². The molecule has 1 saturated carbocycles. The lowest BCUT2D eigenvalue weighted by atomic mass is 9.68. The highest BCUT2D eigenvalue weighted by Crippen LogP contribution is 2.39. The molecule has 1 fully saturated rings. The number of methoxy groups -OCH3 is 1. The monoisotopic (exact) mass is 537 g/mol. The van der Waals surface area contributed by atoms with E-state index in [0.29, 0.717) is 49.1 Å². The predicted molar refractivity (Wildman–Crippen MR) is 147 cm³/mol. The minimum atomic E-state index is -3.86. The van der Waals surface area contributed by atoms with E-state index in [-0.39, 0.29) is 24.0 Å². The zero-order valence-electron chi connectivity index (χ0n) is 21.5. The van der Waals surface area contributed by atoms with E-state index in [1.165, 1.54) is 7.11 Å². The number of aliphatic hydroxyl groups excluding tert-OH is 1. The molecular weight excluding hydrogens is 502 g/mol. The van der Waals surface area contributed by atoms with Crippen molar-refractivity contribution in [3.05, 3.63) is 102 Å². The van der Waals surface area contributed by atoms with Crippen LogP contribution in [0.4, 0.5) is 0 Å². The normalized spacial score (nSPS) is 20.4. The molecule has 0 heterocycles. The fourth-order valence-corrected chi connectivity index (χ4v) is 6.49. The average Bonchev–Trinajstić information content (AvgIpc) is 2.96. The summed E-state index contributed by atoms with van der Waals surface area (Å²) < 4.78 is 36.5. The summed E-state index contributed by atoms with van der Waals surface area (Å²) in [6.07, 6.45) is 2.60. The van der Waals surface area contributed by atoms with Crippen LogP contribution in [0.3, 0.4) is 0 Å². The van der Waals surface area contributed by atoms with Gasteiger partial charge in [0.25, 0.3) is 16.1 Å². The second-order valence-corrected chi connectivity index (χ2v) is 11.2. The van der Waals surface area contributed by atoms with Crippen molar-refractivity contribution in [3.63, 3.8) is 0 Å². The number of carbonyl (C=O) groups is 1. The van der Waals surface area contributed by atoms with Crippen molar-refractivity contribution in [1.29, 1.82) is 0 Å². The molecule has 0 spiro atoms. The second kappa shape index (κ2) is 12.5. The van der Waals surface area contributed by atoms with Gasteiger partial charge in [-0.3, -0.25) is 4.79 Å². The van der Waals surface area contributed by atoms with E-state index in [2.05, 4.69) is 26.9 Å². The maximum atomic E-state index is 13.0. The van der Waals surface area contributed by atoms with Gasteiger partial charge in [-0.2, -0.15) is 17.9 Å². The van der Waals surface area contributed by atoms with Gasteiger partial charge in [-0.05, 0) is 48.9 Å². The van der Waals surface area contributed by atoms with Crippen molar-refractivity contribution >= 4 is 16.1 Å². The summed E-state index contributed by atoms with van der Waals surface area (Å²) in [6, 6.07) is 25.2. The van der Waals surface area contributed by atoms with Crippen LogP contribution in [0, 0.1) is 0 Å². The Labute approximate surface area is 224 Å². The maximum absolute atomic E-state index is 13.0. The first-order valence-electron chi connectivity index (χ1n) is 12.8. The Morgan fingerprint density at radius 3 is 2.21 bits per heavy atom. The number of benzene rings is 3. The molecule has 0 radical (unpaired) electrons. The fourth-order valence-electron chi connectivity index (χ4n) is 5.16. The molecule has 0 saturated heterocycles. The zero-order valence-corrected chi connectivity index (χ0v) is 22.3. The highest BCUT2D eigenvalue weighted by Gasteiger charge is 2.38. The van der Waals surface area contributed by atoms with E-state index >= 15 is 0 Å². The fraction of sp³-hybridized carbons (Fsp3) is 0.345. The number of aliphatic hydroxyl groups is 1. The topological polar surface area (TPSA) is 117 Å². The quantitative estimate of drug-likeness (QED) is 0.299. The number of carbonyl (C=O) groups excluding carboxylic acids is 1. The van der Waals surface area contributed by atoms with Gasteiger partial charge >= 0.3 is 0 Å². The third kappa shape index (κ3) is 6.79. The first-order chi connectivity index (χ1) is 18.4. The van der Waals surface area contributed by atoms with Crippen molar-refractivity contribution in [1.82, 2.24) is 14.8 Å². The van der Waals surface area contributed by atoms with Gasteiger partial charge in [0.2, 0.25) is 0 Å². The SMILES string of the molecule is COc1ccccc1C(=O)NCC1(c2ccccc2)CCC(NS(=O)(=O)N[C@H](CO)c2ccccc2)CC1. The molecule has 9 heteroatoms. The number of nitrogens with one attached hydrogen (secondary N) is 3. The molecule has 1 aliphatic carbocycles. The van der Waals surface area contributed by atoms with Gasteiger partial charge in [-0.15, -0.1) is 0 Å². The molecule has 202 valence electrons. The highest BCUT2D eigenvalue weighted by atomic mass is 32.2. The van der Waals surface area contributed by atoms with Crippen molar-refractivity contribution in [2.75, 3.05) is 20.3 Å². The number of para-hydroxylation sites is 1. The molecule has 38 heavy (non-hydrogen) atoms. The van der Waals surface area contributed by atoms with E-state index in [0.717, 1.165) is 5.56 Å². The molecule has 0 unspecified atom stereocenters. The number of hydrogen-bond donors (Lipinski definition) is 4. The second-order valence-electron chi connectivity index (χ2n) is 9.69. The number of ether oxygens (including phenoxy) is 1. The summed E-state index contributed by atoms with van der Waals surface area (Å²) in [4.78, 5) is 13.0. The lowest BCUT2D eigenvalue weighted by Crippen LogP contribution is -2.50. The molecule has 1 atom stereocenters. The average molecular weight is 538 g/mol.